The van der Waals surface area contributed by atoms with Crippen molar-refractivity contribution in [2.75, 3.05) is 19.8 Å². The highest BCUT2D eigenvalue weighted by Gasteiger charge is 2.46. The Morgan fingerprint density at radius 1 is 1.28 bits per heavy atom. The van der Waals surface area contributed by atoms with Crippen LogP contribution >= 0.6 is 0 Å². The van der Waals surface area contributed by atoms with Crippen LogP contribution in [0.4, 0.5) is 4.79 Å². The van der Waals surface area contributed by atoms with Crippen molar-refractivity contribution in [2.24, 2.45) is 5.92 Å². The summed E-state index contributed by atoms with van der Waals surface area (Å²) in [5.74, 6) is -0.199. The number of carbonyl (C=O) groups is 1. The maximum atomic E-state index is 12.9. The van der Waals surface area contributed by atoms with E-state index in [1.807, 2.05) is 6.92 Å². The molecule has 2 rings (SSSR count). The first-order valence-corrected chi connectivity index (χ1v) is 12.4. The molecule has 2 atom stereocenters. The van der Waals surface area contributed by atoms with Crippen molar-refractivity contribution in [3.05, 3.63) is 29.8 Å². The summed E-state index contributed by atoms with van der Waals surface area (Å²) in [6.45, 7) is 11.2. The average molecular weight is 472 g/mol. The lowest BCUT2D eigenvalue weighted by molar-refractivity contribution is -0.0633. The third kappa shape index (κ3) is 7.43. The molecule has 0 saturated carbocycles. The molecule has 1 fully saturated rings. The van der Waals surface area contributed by atoms with Crippen molar-refractivity contribution in [3.8, 4) is 0 Å². The summed E-state index contributed by atoms with van der Waals surface area (Å²) in [4.78, 5) is 14.6. The van der Waals surface area contributed by atoms with Gasteiger partial charge >= 0.3 is 6.09 Å². The largest absolute Gasteiger partial charge is 0.444 e. The first-order valence-electron chi connectivity index (χ1n) is 11.0. The van der Waals surface area contributed by atoms with Crippen molar-refractivity contribution in [1.82, 2.24) is 4.90 Å². The Morgan fingerprint density at radius 2 is 1.91 bits per heavy atom. The summed E-state index contributed by atoms with van der Waals surface area (Å²) in [6.07, 6.45) is 1.05. The summed E-state index contributed by atoms with van der Waals surface area (Å²) in [5.41, 5.74) is -0.540. The molecule has 0 radical (unpaired) electrons. The number of nitrogens with zero attached hydrogens (tertiary/aromatic N) is 1. The van der Waals surface area contributed by atoms with Gasteiger partial charge in [0.15, 0.2) is 0 Å². The molecule has 1 aromatic carbocycles. The van der Waals surface area contributed by atoms with Gasteiger partial charge in [0.05, 0.1) is 24.2 Å². The minimum atomic E-state index is -3.91. The summed E-state index contributed by atoms with van der Waals surface area (Å²) < 4.78 is 42.0. The fourth-order valence-corrected chi connectivity index (χ4v) is 4.71. The van der Waals surface area contributed by atoms with Gasteiger partial charge < -0.3 is 14.6 Å². The Labute approximate surface area is 192 Å². The maximum absolute atomic E-state index is 12.9. The van der Waals surface area contributed by atoms with Crippen LogP contribution in [0.15, 0.2) is 29.2 Å². The van der Waals surface area contributed by atoms with Crippen LogP contribution in [0.1, 0.15) is 59.4 Å². The fraction of sp³-hybridized carbons (Fsp3) is 0.696. The molecule has 0 aliphatic carbocycles. The quantitative estimate of drug-likeness (QED) is 0.546. The van der Waals surface area contributed by atoms with E-state index in [0.717, 1.165) is 5.56 Å². The lowest BCUT2D eigenvalue weighted by Crippen LogP contribution is -2.50. The Balaban J connectivity index is 2.12. The molecule has 1 N–H and O–H groups in total. The third-order valence-electron chi connectivity index (χ3n) is 5.31. The van der Waals surface area contributed by atoms with Crippen molar-refractivity contribution < 1.29 is 32.0 Å². The zero-order valence-electron chi connectivity index (χ0n) is 20.0. The first kappa shape index (κ1) is 26.6. The molecule has 8 nitrogen and oxygen atoms in total. The molecule has 0 spiro atoms. The molecular formula is C23H37NO7S. The molecule has 182 valence electrons. The number of amides is 1. The predicted molar refractivity (Wildman–Crippen MR) is 121 cm³/mol. The third-order valence-corrected chi connectivity index (χ3v) is 6.60. The van der Waals surface area contributed by atoms with Crippen LogP contribution in [0, 0.1) is 12.8 Å². The highest BCUT2D eigenvalue weighted by molar-refractivity contribution is 7.86. The number of carbonyl (C=O) groups excluding carboxylic acids is 1. The second kappa shape index (κ2) is 10.5. The molecule has 32 heavy (non-hydrogen) atoms. The number of hydrogen-bond acceptors (Lipinski definition) is 7. The average Bonchev–Trinajstić information content (AvgIpc) is 2.97. The minimum absolute atomic E-state index is 0.0103. The van der Waals surface area contributed by atoms with E-state index in [1.165, 1.54) is 12.1 Å². The molecule has 0 aromatic heterocycles. The van der Waals surface area contributed by atoms with Crippen LogP contribution in [-0.2, 0) is 23.8 Å². The van der Waals surface area contributed by atoms with E-state index in [9.17, 15) is 18.3 Å². The van der Waals surface area contributed by atoms with E-state index in [1.54, 1.807) is 51.7 Å². The second-order valence-corrected chi connectivity index (χ2v) is 11.4. The van der Waals surface area contributed by atoms with E-state index < -0.39 is 27.5 Å². The van der Waals surface area contributed by atoms with Gasteiger partial charge in [-0.05, 0) is 78.9 Å². The Hall–Kier alpha value is -1.68. The summed E-state index contributed by atoms with van der Waals surface area (Å²) in [6, 6.07) is 6.18. The van der Waals surface area contributed by atoms with Gasteiger partial charge in [-0.3, -0.25) is 9.08 Å². The van der Waals surface area contributed by atoms with Gasteiger partial charge in [0.25, 0.3) is 10.1 Å². The van der Waals surface area contributed by atoms with E-state index in [2.05, 4.69) is 0 Å². The Kier molecular flexibility index (Phi) is 8.72. The molecule has 1 unspecified atom stereocenters. The summed E-state index contributed by atoms with van der Waals surface area (Å²) >= 11 is 0. The number of aliphatic hydroxyl groups is 1. The molecule has 1 heterocycles. The van der Waals surface area contributed by atoms with Gasteiger partial charge in [-0.2, -0.15) is 8.42 Å². The standard InChI is InChI=1S/C23H37NO7S/c1-17-9-11-20(12-10-17)32(27,28)30-15-18(8-7-13-25)14-19-16-29-23(5,6)24(19)21(26)31-22(2,3)4/h9-12,18-19,25H,7-8,13-16H2,1-6H3/t18?,19-/m0/s1. The van der Waals surface area contributed by atoms with Crippen LogP contribution in [-0.4, -0.2) is 61.7 Å². The van der Waals surface area contributed by atoms with Crippen LogP contribution in [0.2, 0.25) is 0 Å². The van der Waals surface area contributed by atoms with Crippen LogP contribution in [0.3, 0.4) is 0 Å². The first-order chi connectivity index (χ1) is 14.7. The fourth-order valence-electron chi connectivity index (χ4n) is 3.73. The molecule has 0 bridgehead atoms. The van der Waals surface area contributed by atoms with Gasteiger partial charge in [0.2, 0.25) is 0 Å². The summed E-state index contributed by atoms with van der Waals surface area (Å²) in [5, 5.41) is 9.29. The van der Waals surface area contributed by atoms with Gasteiger partial charge in [0, 0.05) is 6.61 Å². The Morgan fingerprint density at radius 3 is 2.47 bits per heavy atom. The van der Waals surface area contributed by atoms with Crippen LogP contribution in [0.25, 0.3) is 0 Å². The van der Waals surface area contributed by atoms with Crippen molar-refractivity contribution in [1.29, 1.82) is 0 Å². The topological polar surface area (TPSA) is 102 Å². The van der Waals surface area contributed by atoms with Crippen LogP contribution < -0.4 is 0 Å². The Bertz CT molecular complexity index is 859. The number of benzene rings is 1. The zero-order chi connectivity index (χ0) is 24.2. The van der Waals surface area contributed by atoms with E-state index in [4.69, 9.17) is 13.7 Å². The normalized spacial score (nSPS) is 19.7. The molecule has 1 amide bonds. The molecular weight excluding hydrogens is 434 g/mol. The maximum Gasteiger partial charge on any atom is 0.412 e. The number of ether oxygens (including phenoxy) is 2. The van der Waals surface area contributed by atoms with E-state index >= 15 is 0 Å². The highest BCUT2D eigenvalue weighted by Crippen LogP contribution is 2.33. The van der Waals surface area contributed by atoms with Crippen molar-refractivity contribution >= 4 is 16.2 Å². The van der Waals surface area contributed by atoms with Crippen LogP contribution in [0.5, 0.6) is 0 Å². The van der Waals surface area contributed by atoms with Crippen molar-refractivity contribution in [3.63, 3.8) is 0 Å². The number of aryl methyl sites for hydroxylation is 1. The monoisotopic (exact) mass is 471 g/mol. The van der Waals surface area contributed by atoms with Gasteiger partial charge in [0.1, 0.15) is 11.3 Å². The van der Waals surface area contributed by atoms with E-state index in [0.29, 0.717) is 25.9 Å². The predicted octanol–water partition coefficient (Wildman–Crippen LogP) is 3.85. The molecule has 1 aliphatic heterocycles. The summed E-state index contributed by atoms with van der Waals surface area (Å²) in [7, 11) is -3.91. The van der Waals surface area contributed by atoms with E-state index in [-0.39, 0.29) is 30.1 Å². The van der Waals surface area contributed by atoms with Gasteiger partial charge in [-0.25, -0.2) is 4.79 Å². The van der Waals surface area contributed by atoms with Crippen molar-refractivity contribution in [2.45, 2.75) is 83.1 Å². The lowest BCUT2D eigenvalue weighted by Gasteiger charge is -2.36. The van der Waals surface area contributed by atoms with Gasteiger partial charge in [-0.15, -0.1) is 0 Å². The van der Waals surface area contributed by atoms with Gasteiger partial charge in [-0.1, -0.05) is 17.7 Å². The molecule has 1 aromatic rings. The molecule has 9 heteroatoms. The number of rotatable bonds is 9. The second-order valence-electron chi connectivity index (χ2n) is 9.78. The molecule has 1 saturated heterocycles. The highest BCUT2D eigenvalue weighted by atomic mass is 32.2. The SMILES string of the molecule is Cc1ccc(S(=O)(=O)OCC(CCCO)C[C@H]2COC(C)(C)N2C(=O)OC(C)(C)C)cc1. The lowest BCUT2D eigenvalue weighted by atomic mass is 9.95. The smallest absolute Gasteiger partial charge is 0.412 e. The molecule has 1 aliphatic rings. The zero-order valence-corrected chi connectivity index (χ0v) is 20.8. The number of hydrogen-bond donors (Lipinski definition) is 1. The number of aliphatic hydroxyl groups excluding tert-OH is 1. The minimum Gasteiger partial charge on any atom is -0.444 e.